The Morgan fingerprint density at radius 1 is 1.19 bits per heavy atom. The van der Waals surface area contributed by atoms with Crippen LogP contribution in [0.4, 0.5) is 0 Å². The van der Waals surface area contributed by atoms with Crippen LogP contribution in [-0.4, -0.2) is 78.8 Å². The second-order valence-electron chi connectivity index (χ2n) is 7.11. The lowest BCUT2D eigenvalue weighted by Gasteiger charge is -2.22. The minimum Gasteiger partial charge on any atom is -0.495 e. The van der Waals surface area contributed by atoms with E-state index in [1.54, 1.807) is 12.1 Å². The average Bonchev–Trinajstić information content (AvgIpc) is 2.84. The molecule has 0 radical (unpaired) electrons. The summed E-state index contributed by atoms with van der Waals surface area (Å²) in [6.45, 7) is 4.91. The summed E-state index contributed by atoms with van der Waals surface area (Å²) in [6.07, 6.45) is 0. The lowest BCUT2D eigenvalue weighted by Crippen LogP contribution is -2.45. The predicted octanol–water partition coefficient (Wildman–Crippen LogP) is 0.403. The lowest BCUT2D eigenvalue weighted by molar-refractivity contribution is 0.387. The first-order valence-electron chi connectivity index (χ1n) is 8.45. The molecule has 1 N–H and O–H groups in total. The van der Waals surface area contributed by atoms with Crippen molar-refractivity contribution in [2.75, 3.05) is 45.8 Å². The molecular formula is C17H28N2O5S2. The molecule has 1 fully saturated rings. The summed E-state index contributed by atoms with van der Waals surface area (Å²) in [5.74, 6) is -0.285. The summed E-state index contributed by atoms with van der Waals surface area (Å²) in [4.78, 5) is 2.01. The minimum absolute atomic E-state index is 0.0598. The van der Waals surface area contributed by atoms with Gasteiger partial charge in [-0.05, 0) is 51.2 Å². The van der Waals surface area contributed by atoms with Gasteiger partial charge in [0.15, 0.2) is 19.7 Å². The Kier molecular flexibility index (Phi) is 6.37. The van der Waals surface area contributed by atoms with Gasteiger partial charge in [-0.2, -0.15) is 0 Å². The van der Waals surface area contributed by atoms with Gasteiger partial charge in [0.2, 0.25) is 0 Å². The highest BCUT2D eigenvalue weighted by Crippen LogP contribution is 2.33. The fraction of sp³-hybridized carbons (Fsp3) is 0.647. The number of nitrogens with zero attached hydrogens (tertiary/aromatic N) is 1. The molecule has 1 aliphatic rings. The molecule has 1 aliphatic heterocycles. The van der Waals surface area contributed by atoms with Gasteiger partial charge in [0.05, 0.1) is 23.9 Å². The molecule has 7 nitrogen and oxygen atoms in total. The molecule has 148 valence electrons. The van der Waals surface area contributed by atoms with Gasteiger partial charge in [-0.1, -0.05) is 0 Å². The van der Waals surface area contributed by atoms with Crippen LogP contribution in [0.1, 0.15) is 11.1 Å². The number of methoxy groups -OCH3 is 1. The molecule has 9 heteroatoms. The third-order valence-electron chi connectivity index (χ3n) is 4.75. The number of hydrogen-bond acceptors (Lipinski definition) is 7. The number of nitrogens with one attached hydrogen (secondary N) is 1. The smallest absolute Gasteiger partial charge is 0.187 e. The van der Waals surface area contributed by atoms with E-state index in [4.69, 9.17) is 4.74 Å². The third-order valence-corrected chi connectivity index (χ3v) is 8.92. The summed E-state index contributed by atoms with van der Waals surface area (Å²) in [6, 6.07) is 2.63. The van der Waals surface area contributed by atoms with Gasteiger partial charge in [0.25, 0.3) is 0 Å². The number of sulfone groups is 2. The molecule has 0 aromatic heterocycles. The first-order chi connectivity index (χ1) is 12.0. The Bertz CT molecular complexity index is 863. The molecule has 0 bridgehead atoms. The van der Waals surface area contributed by atoms with Crippen molar-refractivity contribution in [2.24, 2.45) is 0 Å². The van der Waals surface area contributed by atoms with Crippen molar-refractivity contribution < 1.29 is 21.6 Å². The average molecular weight is 405 g/mol. The molecule has 0 unspecified atom stereocenters. The number of benzene rings is 1. The van der Waals surface area contributed by atoms with Crippen LogP contribution in [0, 0.1) is 13.8 Å². The van der Waals surface area contributed by atoms with E-state index in [2.05, 4.69) is 5.32 Å². The molecule has 0 amide bonds. The fourth-order valence-corrected chi connectivity index (χ4v) is 8.03. The van der Waals surface area contributed by atoms with Crippen LogP contribution < -0.4 is 10.1 Å². The maximum atomic E-state index is 13.3. The van der Waals surface area contributed by atoms with E-state index in [1.165, 1.54) is 7.11 Å². The fourth-order valence-electron chi connectivity index (χ4n) is 3.09. The van der Waals surface area contributed by atoms with Crippen LogP contribution in [0.15, 0.2) is 17.0 Å². The molecule has 1 heterocycles. The van der Waals surface area contributed by atoms with Gasteiger partial charge in [-0.3, -0.25) is 0 Å². The summed E-state index contributed by atoms with van der Waals surface area (Å²) >= 11 is 0. The number of likely N-dealkylation sites (N-methyl/N-ethyl adjacent to an activating group) is 1. The van der Waals surface area contributed by atoms with Crippen molar-refractivity contribution in [3.8, 4) is 5.75 Å². The van der Waals surface area contributed by atoms with Crippen molar-refractivity contribution >= 4 is 19.7 Å². The summed E-state index contributed by atoms with van der Waals surface area (Å²) < 4.78 is 56.1. The van der Waals surface area contributed by atoms with E-state index >= 15 is 0 Å². The van der Waals surface area contributed by atoms with Gasteiger partial charge >= 0.3 is 0 Å². The normalized spacial score (nSPS) is 22.7. The molecule has 26 heavy (non-hydrogen) atoms. The van der Waals surface area contributed by atoms with E-state index < -0.39 is 31.0 Å². The highest BCUT2D eigenvalue weighted by Gasteiger charge is 2.46. The van der Waals surface area contributed by atoms with Crippen molar-refractivity contribution in [1.29, 1.82) is 0 Å². The Labute approximate surface area is 156 Å². The third kappa shape index (κ3) is 4.57. The summed E-state index contributed by atoms with van der Waals surface area (Å²) in [5, 5.41) is 2.09. The Hall–Kier alpha value is -1.16. The van der Waals surface area contributed by atoms with Crippen LogP contribution in [0.5, 0.6) is 5.75 Å². The molecule has 1 aromatic rings. The number of rotatable bonds is 7. The topological polar surface area (TPSA) is 92.8 Å². The Morgan fingerprint density at radius 3 is 2.38 bits per heavy atom. The van der Waals surface area contributed by atoms with Crippen LogP contribution in [-0.2, 0) is 19.7 Å². The molecule has 2 atom stereocenters. The van der Waals surface area contributed by atoms with Crippen LogP contribution in [0.25, 0.3) is 0 Å². The zero-order valence-corrected chi connectivity index (χ0v) is 17.6. The van der Waals surface area contributed by atoms with Crippen molar-refractivity contribution in [3.63, 3.8) is 0 Å². The first-order valence-corrected chi connectivity index (χ1v) is 11.8. The van der Waals surface area contributed by atoms with Crippen molar-refractivity contribution in [1.82, 2.24) is 10.2 Å². The summed E-state index contributed by atoms with van der Waals surface area (Å²) in [7, 11) is -2.07. The Morgan fingerprint density at radius 2 is 1.81 bits per heavy atom. The minimum atomic E-state index is -3.87. The first kappa shape index (κ1) is 21.1. The van der Waals surface area contributed by atoms with Crippen molar-refractivity contribution in [3.05, 3.63) is 23.3 Å². The molecule has 0 saturated carbocycles. The highest BCUT2D eigenvalue weighted by atomic mass is 32.2. The van der Waals surface area contributed by atoms with E-state index in [-0.39, 0.29) is 22.2 Å². The highest BCUT2D eigenvalue weighted by molar-refractivity contribution is 7.96. The van der Waals surface area contributed by atoms with Gasteiger partial charge in [-0.15, -0.1) is 0 Å². The van der Waals surface area contributed by atoms with Gasteiger partial charge in [0, 0.05) is 19.1 Å². The predicted molar refractivity (Wildman–Crippen MR) is 102 cm³/mol. The largest absolute Gasteiger partial charge is 0.495 e. The molecule has 0 aliphatic carbocycles. The standard InChI is InChI=1S/C17H28N2O5S2/c1-12-8-15(24-5)16(9-13(12)2)26(22,23)17-11-25(20,21)10-14(17)18-6-7-19(3)4/h8-9,14,17-18H,6-7,10-11H2,1-5H3/t14-,17-/m0/s1. The van der Waals surface area contributed by atoms with Crippen LogP contribution in [0.3, 0.4) is 0 Å². The van der Waals surface area contributed by atoms with Gasteiger partial charge in [0.1, 0.15) is 10.6 Å². The second kappa shape index (κ2) is 7.84. The van der Waals surface area contributed by atoms with Crippen LogP contribution in [0.2, 0.25) is 0 Å². The quantitative estimate of drug-likeness (QED) is 0.703. The van der Waals surface area contributed by atoms with Gasteiger partial charge in [-0.25, -0.2) is 16.8 Å². The van der Waals surface area contributed by atoms with E-state index in [1.807, 2.05) is 32.8 Å². The number of aryl methyl sites for hydroxylation is 2. The molecule has 1 aromatic carbocycles. The molecule has 2 rings (SSSR count). The maximum Gasteiger partial charge on any atom is 0.187 e. The van der Waals surface area contributed by atoms with Crippen LogP contribution >= 0.6 is 0 Å². The zero-order chi connectivity index (χ0) is 19.7. The second-order valence-corrected chi connectivity index (χ2v) is 11.4. The maximum absolute atomic E-state index is 13.3. The number of ether oxygens (including phenoxy) is 1. The molecule has 0 spiro atoms. The Balaban J connectivity index is 2.41. The van der Waals surface area contributed by atoms with E-state index in [0.717, 1.165) is 11.1 Å². The molecular weight excluding hydrogens is 376 g/mol. The van der Waals surface area contributed by atoms with Gasteiger partial charge < -0.3 is 15.0 Å². The zero-order valence-electron chi connectivity index (χ0n) is 15.9. The summed E-state index contributed by atoms with van der Waals surface area (Å²) in [5.41, 5.74) is 1.74. The SMILES string of the molecule is COc1cc(C)c(C)cc1S(=O)(=O)[C@H]1CS(=O)(=O)C[C@@H]1NCCN(C)C. The van der Waals surface area contributed by atoms with Crippen molar-refractivity contribution in [2.45, 2.75) is 30.0 Å². The monoisotopic (exact) mass is 404 g/mol. The molecule has 1 saturated heterocycles. The van der Waals surface area contributed by atoms with E-state index in [9.17, 15) is 16.8 Å². The number of hydrogen-bond donors (Lipinski definition) is 1. The lowest BCUT2D eigenvalue weighted by atomic mass is 10.1. The van der Waals surface area contributed by atoms with E-state index in [0.29, 0.717) is 13.1 Å².